The zero-order chi connectivity index (χ0) is 15.4. The summed E-state index contributed by atoms with van der Waals surface area (Å²) < 4.78 is 29.2. The topological polar surface area (TPSA) is 34.1 Å². The SMILES string of the molecule is Cc1cc(NCc2cc(Cl)ccc2OC(F)F)cnc1Cl. The van der Waals surface area contributed by atoms with Gasteiger partial charge >= 0.3 is 6.61 Å². The van der Waals surface area contributed by atoms with Gasteiger partial charge in [0.15, 0.2) is 0 Å². The molecule has 0 saturated carbocycles. The number of hydrogen-bond acceptors (Lipinski definition) is 3. The van der Waals surface area contributed by atoms with Crippen molar-refractivity contribution in [2.75, 3.05) is 5.32 Å². The lowest BCUT2D eigenvalue weighted by molar-refractivity contribution is -0.0504. The summed E-state index contributed by atoms with van der Waals surface area (Å²) in [6.45, 7) is -0.791. The average Bonchev–Trinajstić information content (AvgIpc) is 2.42. The molecule has 0 bridgehead atoms. The highest BCUT2D eigenvalue weighted by Crippen LogP contribution is 2.26. The molecule has 3 nitrogen and oxygen atoms in total. The Balaban J connectivity index is 2.14. The van der Waals surface area contributed by atoms with E-state index in [0.29, 0.717) is 15.7 Å². The van der Waals surface area contributed by atoms with Gasteiger partial charge in [0.25, 0.3) is 0 Å². The van der Waals surface area contributed by atoms with Crippen molar-refractivity contribution in [1.29, 1.82) is 0 Å². The van der Waals surface area contributed by atoms with Crippen molar-refractivity contribution < 1.29 is 13.5 Å². The van der Waals surface area contributed by atoms with E-state index in [-0.39, 0.29) is 12.3 Å². The number of nitrogens with one attached hydrogen (secondary N) is 1. The quantitative estimate of drug-likeness (QED) is 0.790. The van der Waals surface area contributed by atoms with Crippen LogP contribution in [-0.4, -0.2) is 11.6 Å². The molecular weight excluding hydrogens is 321 g/mol. The monoisotopic (exact) mass is 332 g/mol. The zero-order valence-corrected chi connectivity index (χ0v) is 12.6. The first-order chi connectivity index (χ1) is 9.95. The van der Waals surface area contributed by atoms with Crippen LogP contribution >= 0.6 is 23.2 Å². The molecule has 0 aliphatic carbocycles. The Kier molecular flexibility index (Phi) is 5.20. The van der Waals surface area contributed by atoms with Crippen molar-refractivity contribution in [3.63, 3.8) is 0 Å². The number of anilines is 1. The number of hydrogen-bond donors (Lipinski definition) is 1. The minimum absolute atomic E-state index is 0.0838. The summed E-state index contributed by atoms with van der Waals surface area (Å²) in [7, 11) is 0. The summed E-state index contributed by atoms with van der Waals surface area (Å²) in [5.41, 5.74) is 2.06. The van der Waals surface area contributed by atoms with E-state index in [0.717, 1.165) is 11.3 Å². The van der Waals surface area contributed by atoms with Crippen LogP contribution in [0, 0.1) is 6.92 Å². The Morgan fingerprint density at radius 2 is 2.05 bits per heavy atom. The highest BCUT2D eigenvalue weighted by molar-refractivity contribution is 6.30. The number of alkyl halides is 2. The molecule has 1 aromatic carbocycles. The third-order valence-electron chi connectivity index (χ3n) is 2.74. The molecule has 0 unspecified atom stereocenters. The molecule has 0 aliphatic heterocycles. The molecule has 21 heavy (non-hydrogen) atoms. The smallest absolute Gasteiger partial charge is 0.387 e. The third-order valence-corrected chi connectivity index (χ3v) is 3.37. The fraction of sp³-hybridized carbons (Fsp3) is 0.214. The van der Waals surface area contributed by atoms with E-state index in [1.807, 2.05) is 13.0 Å². The number of halogens is 4. The van der Waals surface area contributed by atoms with Gasteiger partial charge in [-0.2, -0.15) is 8.78 Å². The highest BCUT2D eigenvalue weighted by Gasteiger charge is 2.10. The van der Waals surface area contributed by atoms with Gasteiger partial charge in [-0.15, -0.1) is 0 Å². The van der Waals surface area contributed by atoms with Crippen LogP contribution in [0.5, 0.6) is 5.75 Å². The number of benzene rings is 1. The molecule has 0 saturated heterocycles. The number of rotatable bonds is 5. The van der Waals surface area contributed by atoms with Crippen molar-refractivity contribution in [3.05, 3.63) is 51.8 Å². The highest BCUT2D eigenvalue weighted by atomic mass is 35.5. The standard InChI is InChI=1S/C14H12Cl2F2N2O/c1-8-4-11(7-20-13(8)16)19-6-9-5-10(15)2-3-12(9)21-14(17)18/h2-5,7,14,19H,6H2,1H3. The summed E-state index contributed by atoms with van der Waals surface area (Å²) in [5, 5.41) is 3.93. The van der Waals surface area contributed by atoms with Gasteiger partial charge in [-0.3, -0.25) is 0 Å². The van der Waals surface area contributed by atoms with Crippen LogP contribution in [0.2, 0.25) is 10.2 Å². The van der Waals surface area contributed by atoms with Gasteiger partial charge in [0.1, 0.15) is 10.9 Å². The molecule has 0 fully saturated rings. The summed E-state index contributed by atoms with van der Waals surface area (Å²) in [6.07, 6.45) is 1.56. The second-order valence-corrected chi connectivity index (χ2v) is 5.11. The predicted molar refractivity (Wildman–Crippen MR) is 79.4 cm³/mol. The Labute approximate surface area is 130 Å². The Morgan fingerprint density at radius 1 is 1.29 bits per heavy atom. The molecule has 1 N–H and O–H groups in total. The minimum atomic E-state index is -2.88. The maximum Gasteiger partial charge on any atom is 0.387 e. The predicted octanol–water partition coefficient (Wildman–Crippen LogP) is 4.91. The number of nitrogens with zero attached hydrogens (tertiary/aromatic N) is 1. The van der Waals surface area contributed by atoms with Crippen molar-refractivity contribution in [2.24, 2.45) is 0 Å². The molecule has 112 valence electrons. The lowest BCUT2D eigenvalue weighted by Gasteiger charge is -2.13. The molecular formula is C14H12Cl2F2N2O. The molecule has 0 aliphatic rings. The number of aromatic nitrogens is 1. The van der Waals surface area contributed by atoms with Crippen LogP contribution in [0.25, 0.3) is 0 Å². The van der Waals surface area contributed by atoms with E-state index >= 15 is 0 Å². The summed E-state index contributed by atoms with van der Waals surface area (Å²) in [5.74, 6) is 0.0838. The summed E-state index contributed by atoms with van der Waals surface area (Å²) in [6, 6.07) is 6.30. The Hall–Kier alpha value is -1.59. The zero-order valence-electron chi connectivity index (χ0n) is 11.0. The number of ether oxygens (including phenoxy) is 1. The van der Waals surface area contributed by atoms with Gasteiger partial charge in [-0.1, -0.05) is 23.2 Å². The molecule has 0 atom stereocenters. The van der Waals surface area contributed by atoms with Crippen LogP contribution in [0.4, 0.5) is 14.5 Å². The Bertz CT molecular complexity index is 638. The lowest BCUT2D eigenvalue weighted by atomic mass is 10.2. The maximum absolute atomic E-state index is 12.4. The van der Waals surface area contributed by atoms with E-state index < -0.39 is 6.61 Å². The van der Waals surface area contributed by atoms with Gasteiger partial charge in [-0.25, -0.2) is 4.98 Å². The normalized spacial score (nSPS) is 10.8. The molecule has 0 spiro atoms. The van der Waals surface area contributed by atoms with Gasteiger partial charge < -0.3 is 10.1 Å². The van der Waals surface area contributed by atoms with Gasteiger partial charge in [0.05, 0.1) is 11.9 Å². The first kappa shape index (κ1) is 15.8. The lowest BCUT2D eigenvalue weighted by Crippen LogP contribution is -2.07. The molecule has 1 heterocycles. The van der Waals surface area contributed by atoms with Crippen LogP contribution in [-0.2, 0) is 6.54 Å². The first-order valence-corrected chi connectivity index (χ1v) is 6.80. The molecule has 2 aromatic rings. The maximum atomic E-state index is 12.4. The summed E-state index contributed by atoms with van der Waals surface area (Å²) in [4.78, 5) is 4.00. The first-order valence-electron chi connectivity index (χ1n) is 6.05. The van der Waals surface area contributed by atoms with Crippen molar-refractivity contribution in [3.8, 4) is 5.75 Å². The van der Waals surface area contributed by atoms with Crippen molar-refractivity contribution >= 4 is 28.9 Å². The van der Waals surface area contributed by atoms with Gasteiger partial charge in [0.2, 0.25) is 0 Å². The van der Waals surface area contributed by atoms with E-state index in [2.05, 4.69) is 15.0 Å². The van der Waals surface area contributed by atoms with Crippen molar-refractivity contribution in [2.45, 2.75) is 20.1 Å². The molecule has 7 heteroatoms. The number of aryl methyl sites for hydroxylation is 1. The Morgan fingerprint density at radius 3 is 2.71 bits per heavy atom. The van der Waals surface area contributed by atoms with E-state index in [1.54, 1.807) is 12.3 Å². The van der Waals surface area contributed by atoms with Crippen LogP contribution in [0.1, 0.15) is 11.1 Å². The van der Waals surface area contributed by atoms with Gasteiger partial charge in [0, 0.05) is 17.1 Å². The third kappa shape index (κ3) is 4.44. The van der Waals surface area contributed by atoms with Crippen LogP contribution < -0.4 is 10.1 Å². The van der Waals surface area contributed by atoms with Gasteiger partial charge in [-0.05, 0) is 36.8 Å². The largest absolute Gasteiger partial charge is 0.434 e. The molecule has 0 amide bonds. The van der Waals surface area contributed by atoms with E-state index in [4.69, 9.17) is 23.2 Å². The average molecular weight is 333 g/mol. The fourth-order valence-electron chi connectivity index (χ4n) is 1.75. The van der Waals surface area contributed by atoms with Crippen LogP contribution in [0.15, 0.2) is 30.5 Å². The molecule has 0 radical (unpaired) electrons. The van der Waals surface area contributed by atoms with E-state index in [9.17, 15) is 8.78 Å². The molecule has 1 aromatic heterocycles. The number of pyridine rings is 1. The van der Waals surface area contributed by atoms with E-state index in [1.165, 1.54) is 12.1 Å². The second kappa shape index (κ2) is 6.91. The summed E-state index contributed by atoms with van der Waals surface area (Å²) >= 11 is 11.7. The van der Waals surface area contributed by atoms with Crippen LogP contribution in [0.3, 0.4) is 0 Å². The molecule has 2 rings (SSSR count). The second-order valence-electron chi connectivity index (χ2n) is 4.32. The minimum Gasteiger partial charge on any atom is -0.434 e. The fourth-order valence-corrected chi connectivity index (χ4v) is 2.05. The van der Waals surface area contributed by atoms with Crippen molar-refractivity contribution in [1.82, 2.24) is 4.98 Å².